The van der Waals surface area contributed by atoms with E-state index in [4.69, 9.17) is 5.11 Å². The molecule has 1 saturated carbocycles. The molecule has 0 aromatic rings. The molecule has 0 radical (unpaired) electrons. The summed E-state index contributed by atoms with van der Waals surface area (Å²) >= 11 is 0. The second-order valence-electron chi connectivity index (χ2n) is 3.55. The Labute approximate surface area is 71.9 Å². The summed E-state index contributed by atoms with van der Waals surface area (Å²) in [7, 11) is 0. The predicted octanol–water partition coefficient (Wildman–Crippen LogP) is 0.610. The monoisotopic (exact) mass is 195 g/mol. The molecular weight excluding hydrogens is 187 g/mol. The Kier molecular flexibility index (Phi) is 1.61. The topological polar surface area (TPSA) is 49.3 Å². The largest absolute Gasteiger partial charge is 0.480 e. The van der Waals surface area contributed by atoms with E-state index in [0.29, 0.717) is 0 Å². The van der Waals surface area contributed by atoms with Gasteiger partial charge in [-0.2, -0.15) is 13.2 Å². The van der Waals surface area contributed by atoms with Crippen molar-refractivity contribution < 1.29 is 23.1 Å². The maximum absolute atomic E-state index is 12.1. The summed E-state index contributed by atoms with van der Waals surface area (Å²) in [5.41, 5.74) is 0. The molecular formula is C7H8F3NO2. The van der Waals surface area contributed by atoms with E-state index in [0.717, 1.165) is 0 Å². The normalized spacial score (nSPS) is 43.0. The molecule has 2 rings (SSSR count). The van der Waals surface area contributed by atoms with Gasteiger partial charge in [0.2, 0.25) is 0 Å². The third-order valence-electron chi connectivity index (χ3n) is 2.75. The van der Waals surface area contributed by atoms with Gasteiger partial charge in [0.15, 0.2) is 0 Å². The highest BCUT2D eigenvalue weighted by Gasteiger charge is 2.68. The van der Waals surface area contributed by atoms with Crippen LogP contribution in [0.1, 0.15) is 6.42 Å². The Balaban J connectivity index is 1.94. The molecule has 1 heterocycles. The summed E-state index contributed by atoms with van der Waals surface area (Å²) in [6.45, 7) is 0. The third kappa shape index (κ3) is 1.29. The highest BCUT2D eigenvalue weighted by atomic mass is 19.4. The van der Waals surface area contributed by atoms with Gasteiger partial charge in [-0.1, -0.05) is 0 Å². The Morgan fingerprint density at radius 1 is 1.46 bits per heavy atom. The lowest BCUT2D eigenvalue weighted by Crippen LogP contribution is -2.37. The van der Waals surface area contributed by atoms with Crippen molar-refractivity contribution in [3.05, 3.63) is 0 Å². The van der Waals surface area contributed by atoms with Gasteiger partial charge in [0, 0.05) is 6.04 Å². The van der Waals surface area contributed by atoms with Gasteiger partial charge in [-0.25, -0.2) is 0 Å². The molecule has 2 fully saturated rings. The quantitative estimate of drug-likeness (QED) is 0.644. The molecule has 1 aliphatic carbocycles. The van der Waals surface area contributed by atoms with Crippen LogP contribution in [0.5, 0.6) is 0 Å². The second-order valence-corrected chi connectivity index (χ2v) is 3.55. The first-order valence-corrected chi connectivity index (χ1v) is 3.97. The zero-order chi connectivity index (χ0) is 9.80. The highest BCUT2D eigenvalue weighted by molar-refractivity contribution is 5.74. The predicted molar refractivity (Wildman–Crippen MR) is 36.0 cm³/mol. The SMILES string of the molecule is O=C(O)C1C[C@H]2[C@@H](N1)[C@@H]2C(F)(F)F. The van der Waals surface area contributed by atoms with E-state index in [9.17, 15) is 18.0 Å². The van der Waals surface area contributed by atoms with E-state index < -0.39 is 36.1 Å². The molecule has 6 heteroatoms. The summed E-state index contributed by atoms with van der Waals surface area (Å²) in [4.78, 5) is 10.4. The van der Waals surface area contributed by atoms with Crippen molar-refractivity contribution >= 4 is 5.97 Å². The van der Waals surface area contributed by atoms with Crippen molar-refractivity contribution in [2.24, 2.45) is 11.8 Å². The fraction of sp³-hybridized carbons (Fsp3) is 0.857. The number of carboxylic acid groups (broad SMARTS) is 1. The lowest BCUT2D eigenvalue weighted by atomic mass is 10.1. The van der Waals surface area contributed by atoms with E-state index in [2.05, 4.69) is 5.32 Å². The van der Waals surface area contributed by atoms with Gasteiger partial charge in [0.05, 0.1) is 5.92 Å². The Hall–Kier alpha value is -0.780. The smallest absolute Gasteiger partial charge is 0.393 e. The molecule has 2 N–H and O–H groups in total. The van der Waals surface area contributed by atoms with Gasteiger partial charge in [0.25, 0.3) is 0 Å². The molecule has 4 atom stereocenters. The van der Waals surface area contributed by atoms with Crippen molar-refractivity contribution in [1.82, 2.24) is 5.32 Å². The number of piperidine rings is 1. The van der Waals surface area contributed by atoms with Gasteiger partial charge < -0.3 is 10.4 Å². The van der Waals surface area contributed by atoms with Crippen LogP contribution in [-0.2, 0) is 4.79 Å². The highest BCUT2D eigenvalue weighted by Crippen LogP contribution is 2.55. The van der Waals surface area contributed by atoms with Crippen LogP contribution in [0.3, 0.4) is 0 Å². The van der Waals surface area contributed by atoms with E-state index >= 15 is 0 Å². The average Bonchev–Trinajstić information content (AvgIpc) is 2.48. The van der Waals surface area contributed by atoms with Crippen molar-refractivity contribution in [3.63, 3.8) is 0 Å². The van der Waals surface area contributed by atoms with Crippen molar-refractivity contribution in [2.45, 2.75) is 24.7 Å². The summed E-state index contributed by atoms with van der Waals surface area (Å²) < 4.78 is 36.3. The number of aliphatic carboxylic acids is 1. The molecule has 0 bridgehead atoms. The molecule has 0 aromatic carbocycles. The third-order valence-corrected chi connectivity index (χ3v) is 2.75. The molecule has 0 amide bonds. The van der Waals surface area contributed by atoms with Crippen molar-refractivity contribution in [3.8, 4) is 0 Å². The standard InChI is InChI=1S/C7H8F3NO2/c8-7(9,10)4-2-1-3(6(12)13)11-5(2)4/h2-5,11H,1H2,(H,12,13)/t2-,3?,4-,5-/m1/s1. The average molecular weight is 195 g/mol. The molecule has 0 spiro atoms. The zero-order valence-electron chi connectivity index (χ0n) is 6.51. The minimum atomic E-state index is -4.17. The van der Waals surface area contributed by atoms with Gasteiger partial charge in [-0.15, -0.1) is 0 Å². The van der Waals surface area contributed by atoms with Gasteiger partial charge in [-0.05, 0) is 12.3 Å². The Morgan fingerprint density at radius 2 is 2.08 bits per heavy atom. The Morgan fingerprint density at radius 3 is 2.38 bits per heavy atom. The van der Waals surface area contributed by atoms with Crippen LogP contribution >= 0.6 is 0 Å². The number of hydrogen-bond acceptors (Lipinski definition) is 2. The van der Waals surface area contributed by atoms with Crippen LogP contribution in [0, 0.1) is 11.8 Å². The minimum absolute atomic E-state index is 0.101. The second kappa shape index (κ2) is 2.37. The summed E-state index contributed by atoms with van der Waals surface area (Å²) in [5, 5.41) is 11.0. The zero-order valence-corrected chi connectivity index (χ0v) is 6.51. The number of carboxylic acids is 1. The van der Waals surface area contributed by atoms with Gasteiger partial charge >= 0.3 is 12.1 Å². The molecule has 13 heavy (non-hydrogen) atoms. The van der Waals surface area contributed by atoms with Gasteiger partial charge in [-0.3, -0.25) is 4.79 Å². The van der Waals surface area contributed by atoms with Crippen LogP contribution in [0.15, 0.2) is 0 Å². The van der Waals surface area contributed by atoms with E-state index in [1.165, 1.54) is 0 Å². The van der Waals surface area contributed by atoms with Crippen LogP contribution in [0.2, 0.25) is 0 Å². The van der Waals surface area contributed by atoms with Crippen LogP contribution in [0.4, 0.5) is 13.2 Å². The lowest BCUT2D eigenvalue weighted by molar-refractivity contribution is -0.157. The molecule has 1 aliphatic heterocycles. The van der Waals surface area contributed by atoms with E-state index in [1.54, 1.807) is 0 Å². The Bertz CT molecular complexity index is 241. The van der Waals surface area contributed by atoms with Crippen molar-refractivity contribution in [2.75, 3.05) is 0 Å². The molecule has 3 nitrogen and oxygen atoms in total. The number of fused-ring (bicyclic) bond motifs is 1. The lowest BCUT2D eigenvalue weighted by Gasteiger charge is -2.12. The van der Waals surface area contributed by atoms with Crippen LogP contribution in [-0.4, -0.2) is 29.3 Å². The number of halogens is 3. The van der Waals surface area contributed by atoms with E-state index in [-0.39, 0.29) is 6.42 Å². The summed E-state index contributed by atoms with van der Waals surface area (Å²) in [6, 6.07) is -1.44. The fourth-order valence-electron chi connectivity index (χ4n) is 2.09. The fourth-order valence-corrected chi connectivity index (χ4v) is 2.09. The van der Waals surface area contributed by atoms with E-state index in [1.807, 2.05) is 0 Å². The maximum Gasteiger partial charge on any atom is 0.393 e. The summed E-state index contributed by atoms with van der Waals surface area (Å²) in [6.07, 6.45) is -4.07. The number of carbonyl (C=O) groups is 1. The number of alkyl halides is 3. The first kappa shape index (κ1) is 8.80. The number of hydrogen-bond donors (Lipinski definition) is 2. The molecule has 74 valence electrons. The first-order valence-electron chi connectivity index (χ1n) is 3.97. The first-order chi connectivity index (χ1) is 5.91. The maximum atomic E-state index is 12.1. The number of rotatable bonds is 1. The minimum Gasteiger partial charge on any atom is -0.480 e. The molecule has 1 unspecified atom stereocenters. The molecule has 2 aliphatic rings. The molecule has 1 saturated heterocycles. The molecule has 0 aromatic heterocycles. The van der Waals surface area contributed by atoms with Crippen LogP contribution in [0.25, 0.3) is 0 Å². The number of nitrogens with one attached hydrogen (secondary N) is 1. The van der Waals surface area contributed by atoms with Crippen molar-refractivity contribution in [1.29, 1.82) is 0 Å². The summed E-state index contributed by atoms with van der Waals surface area (Å²) in [5.74, 6) is -2.89. The van der Waals surface area contributed by atoms with Crippen LogP contribution < -0.4 is 5.32 Å². The van der Waals surface area contributed by atoms with Gasteiger partial charge in [0.1, 0.15) is 6.04 Å².